The van der Waals surface area contributed by atoms with E-state index in [1.807, 2.05) is 0 Å². The zero-order valence-electron chi connectivity index (χ0n) is 11.4. The summed E-state index contributed by atoms with van der Waals surface area (Å²) in [6, 6.07) is 0. The van der Waals surface area contributed by atoms with Gasteiger partial charge in [0.15, 0.2) is 0 Å². The van der Waals surface area contributed by atoms with Gasteiger partial charge >= 0.3 is 12.1 Å². The van der Waals surface area contributed by atoms with Crippen LogP contribution in [0.4, 0.5) is 22.0 Å². The third-order valence-corrected chi connectivity index (χ3v) is 5.00. The number of unbranched alkanes of at least 4 members (excludes halogenated alkanes) is 4. The van der Waals surface area contributed by atoms with Crippen LogP contribution < -0.4 is 0 Å². The second-order valence-corrected chi connectivity index (χ2v) is 7.34. The molecule has 0 radical (unpaired) electrons. The van der Waals surface area contributed by atoms with E-state index in [1.165, 1.54) is 0 Å². The lowest BCUT2D eigenvalue weighted by molar-refractivity contribution is -0.286. The van der Waals surface area contributed by atoms with Crippen molar-refractivity contribution in [3.8, 4) is 0 Å². The molecule has 0 aromatic heterocycles. The van der Waals surface area contributed by atoms with Crippen LogP contribution >= 0.6 is 22.6 Å². The van der Waals surface area contributed by atoms with Crippen LogP contribution in [-0.2, 0) is 0 Å². The van der Waals surface area contributed by atoms with Gasteiger partial charge < -0.3 is 0 Å². The Hall–Kier alpha value is 0.380. The van der Waals surface area contributed by atoms with Gasteiger partial charge in [-0.15, -0.1) is 0 Å². The molecule has 0 N–H and O–H groups in total. The van der Waals surface area contributed by atoms with E-state index in [4.69, 9.17) is 0 Å². The lowest BCUT2D eigenvalue weighted by Gasteiger charge is -2.31. The first-order valence-electron chi connectivity index (χ1n) is 6.71. The predicted molar refractivity (Wildman–Crippen MR) is 76.0 cm³/mol. The molecule has 0 aliphatic carbocycles. The normalized spacial score (nSPS) is 16.4. The van der Waals surface area contributed by atoms with Gasteiger partial charge in [0.05, 0.1) is 0 Å². The lowest BCUT2D eigenvalue weighted by atomic mass is 9.91. The fourth-order valence-electron chi connectivity index (χ4n) is 1.93. The molecule has 0 rings (SSSR count). The van der Waals surface area contributed by atoms with Crippen LogP contribution in [0.3, 0.4) is 0 Å². The molecule has 0 aliphatic heterocycles. The summed E-state index contributed by atoms with van der Waals surface area (Å²) >= 11 is 1.79. The SMILES string of the molecule is CCCCCCCC(I)(CC)CC(F)(F)C(F)(F)F. The molecule has 1 atom stereocenters. The number of halogens is 6. The van der Waals surface area contributed by atoms with Crippen LogP contribution in [0, 0.1) is 0 Å². The molecule has 0 aromatic rings. The highest BCUT2D eigenvalue weighted by atomic mass is 127. The number of rotatable bonds is 9. The quantitative estimate of drug-likeness (QED) is 0.179. The largest absolute Gasteiger partial charge is 0.453 e. The van der Waals surface area contributed by atoms with Gasteiger partial charge in [0, 0.05) is 9.84 Å². The Balaban J connectivity index is 4.37. The highest BCUT2D eigenvalue weighted by molar-refractivity contribution is 14.1. The van der Waals surface area contributed by atoms with E-state index in [0.29, 0.717) is 19.3 Å². The van der Waals surface area contributed by atoms with Gasteiger partial charge in [-0.3, -0.25) is 0 Å². The Labute approximate surface area is 125 Å². The maximum absolute atomic E-state index is 13.1. The van der Waals surface area contributed by atoms with Crippen molar-refractivity contribution in [2.24, 2.45) is 0 Å². The summed E-state index contributed by atoms with van der Waals surface area (Å²) in [7, 11) is 0. The van der Waals surface area contributed by atoms with Crippen LogP contribution in [0.1, 0.15) is 65.2 Å². The van der Waals surface area contributed by atoms with Crippen molar-refractivity contribution >= 4 is 22.6 Å². The van der Waals surface area contributed by atoms with Gasteiger partial charge in [-0.25, -0.2) is 0 Å². The zero-order chi connectivity index (χ0) is 15.2. The van der Waals surface area contributed by atoms with Crippen molar-refractivity contribution in [2.75, 3.05) is 0 Å². The minimum Gasteiger partial charge on any atom is -0.196 e. The topological polar surface area (TPSA) is 0 Å². The van der Waals surface area contributed by atoms with E-state index in [1.54, 1.807) is 29.5 Å². The highest BCUT2D eigenvalue weighted by Gasteiger charge is 2.59. The molecule has 116 valence electrons. The molecule has 0 amide bonds. The Bertz CT molecular complexity index is 252. The fraction of sp³-hybridized carbons (Fsp3) is 1.00. The van der Waals surface area contributed by atoms with Gasteiger partial charge in [0.25, 0.3) is 0 Å². The van der Waals surface area contributed by atoms with Crippen LogP contribution in [0.25, 0.3) is 0 Å². The number of alkyl halides is 6. The van der Waals surface area contributed by atoms with E-state index in [0.717, 1.165) is 25.7 Å². The van der Waals surface area contributed by atoms with Gasteiger partial charge in [-0.2, -0.15) is 22.0 Å². The Morgan fingerprint density at radius 2 is 1.37 bits per heavy atom. The molecule has 0 saturated heterocycles. The number of hydrogen-bond acceptors (Lipinski definition) is 0. The summed E-state index contributed by atoms with van der Waals surface area (Å²) in [4.78, 5) is 0. The molecule has 19 heavy (non-hydrogen) atoms. The van der Waals surface area contributed by atoms with Crippen molar-refractivity contribution in [3.63, 3.8) is 0 Å². The summed E-state index contributed by atoms with van der Waals surface area (Å²) in [5.41, 5.74) is 0. The van der Waals surface area contributed by atoms with Crippen LogP contribution in [0.15, 0.2) is 0 Å². The summed E-state index contributed by atoms with van der Waals surface area (Å²) < 4.78 is 62.0. The molecule has 0 saturated carbocycles. The smallest absolute Gasteiger partial charge is 0.196 e. The van der Waals surface area contributed by atoms with Crippen molar-refractivity contribution in [2.45, 2.75) is 80.7 Å². The van der Waals surface area contributed by atoms with Crippen molar-refractivity contribution in [3.05, 3.63) is 0 Å². The maximum Gasteiger partial charge on any atom is 0.453 e. The molecular formula is C13H22F5I. The average molecular weight is 400 g/mol. The monoisotopic (exact) mass is 400 g/mol. The molecule has 0 fully saturated rings. The van der Waals surface area contributed by atoms with Crippen molar-refractivity contribution in [1.82, 2.24) is 0 Å². The Morgan fingerprint density at radius 1 is 0.842 bits per heavy atom. The van der Waals surface area contributed by atoms with Crippen molar-refractivity contribution in [1.29, 1.82) is 0 Å². The molecule has 0 bridgehead atoms. The first-order valence-corrected chi connectivity index (χ1v) is 7.79. The molecule has 1 unspecified atom stereocenters. The summed E-state index contributed by atoms with van der Waals surface area (Å²) in [5, 5.41) is 0. The molecule has 0 spiro atoms. The summed E-state index contributed by atoms with van der Waals surface area (Å²) in [6.45, 7) is 3.74. The lowest BCUT2D eigenvalue weighted by Crippen LogP contribution is -2.42. The Kier molecular flexibility index (Phi) is 8.14. The second-order valence-electron chi connectivity index (χ2n) is 5.05. The van der Waals surface area contributed by atoms with Gasteiger partial charge in [-0.05, 0) is 12.8 Å². The third kappa shape index (κ3) is 7.09. The van der Waals surface area contributed by atoms with Gasteiger partial charge in [0.1, 0.15) is 0 Å². The molecule has 0 aliphatic rings. The molecule has 0 aromatic carbocycles. The predicted octanol–water partition coefficient (Wildman–Crippen LogP) is 6.52. The maximum atomic E-state index is 13.1. The standard InChI is InChI=1S/C13H22F5I/c1-3-5-6-7-8-9-11(19,4-2)10-12(14,15)13(16,17)18/h3-10H2,1-2H3. The summed E-state index contributed by atoms with van der Waals surface area (Å²) in [5.74, 6) is -4.59. The van der Waals surface area contributed by atoms with E-state index in [2.05, 4.69) is 6.92 Å². The fourth-order valence-corrected chi connectivity index (χ4v) is 2.79. The minimum absolute atomic E-state index is 0.326. The first kappa shape index (κ1) is 19.4. The van der Waals surface area contributed by atoms with Gasteiger partial charge in [0.2, 0.25) is 0 Å². The van der Waals surface area contributed by atoms with Gasteiger partial charge in [-0.1, -0.05) is 68.5 Å². The van der Waals surface area contributed by atoms with E-state index < -0.39 is 21.9 Å². The first-order chi connectivity index (χ1) is 8.58. The Morgan fingerprint density at radius 3 is 1.79 bits per heavy atom. The molecule has 6 heteroatoms. The van der Waals surface area contributed by atoms with Crippen molar-refractivity contribution < 1.29 is 22.0 Å². The average Bonchev–Trinajstić information content (AvgIpc) is 2.26. The second kappa shape index (κ2) is 7.98. The van der Waals surface area contributed by atoms with E-state index in [9.17, 15) is 22.0 Å². The highest BCUT2D eigenvalue weighted by Crippen LogP contribution is 2.46. The third-order valence-electron chi connectivity index (χ3n) is 3.32. The molecule has 0 nitrogen and oxygen atoms in total. The summed E-state index contributed by atoms with van der Waals surface area (Å²) in [6.07, 6.45) is -1.03. The van der Waals surface area contributed by atoms with Crippen LogP contribution in [0.2, 0.25) is 0 Å². The molecular weight excluding hydrogens is 378 g/mol. The number of hydrogen-bond donors (Lipinski definition) is 0. The van der Waals surface area contributed by atoms with E-state index in [-0.39, 0.29) is 0 Å². The zero-order valence-corrected chi connectivity index (χ0v) is 13.6. The molecule has 0 heterocycles. The van der Waals surface area contributed by atoms with Crippen LogP contribution in [-0.4, -0.2) is 15.5 Å². The minimum atomic E-state index is -5.44. The van der Waals surface area contributed by atoms with Crippen LogP contribution in [0.5, 0.6) is 0 Å². The van der Waals surface area contributed by atoms with E-state index >= 15 is 0 Å².